The van der Waals surface area contributed by atoms with Crippen molar-refractivity contribution in [3.8, 4) is 11.1 Å². The van der Waals surface area contributed by atoms with E-state index in [1.54, 1.807) is 16.4 Å². The van der Waals surface area contributed by atoms with E-state index in [-0.39, 0.29) is 7.92 Å². The summed E-state index contributed by atoms with van der Waals surface area (Å²) in [7, 11) is -0.109. The third-order valence-corrected chi connectivity index (χ3v) is 11.3. The van der Waals surface area contributed by atoms with Gasteiger partial charge in [-0.2, -0.15) is 0 Å². The molecule has 168 valence electrons. The van der Waals surface area contributed by atoms with Gasteiger partial charge in [0.1, 0.15) is 0 Å². The van der Waals surface area contributed by atoms with Gasteiger partial charge >= 0.3 is 0 Å². The average molecular weight is 435 g/mol. The van der Waals surface area contributed by atoms with Gasteiger partial charge in [0.05, 0.1) is 0 Å². The van der Waals surface area contributed by atoms with Gasteiger partial charge < -0.3 is 0 Å². The Hall–Kier alpha value is -1.13. The van der Waals surface area contributed by atoms with Crippen LogP contribution >= 0.6 is 7.92 Å². The summed E-state index contributed by atoms with van der Waals surface area (Å²) in [5.41, 5.74) is 8.14. The highest BCUT2D eigenvalue weighted by Crippen LogP contribution is 2.57. The van der Waals surface area contributed by atoms with Crippen molar-refractivity contribution in [2.45, 2.75) is 115 Å². The fraction of sp³-hybridized carbons (Fsp3) is 0.600. The predicted octanol–water partition coefficient (Wildman–Crippen LogP) is 9.37. The molecule has 0 saturated heterocycles. The van der Waals surface area contributed by atoms with E-state index in [1.165, 1.54) is 75.3 Å². The number of rotatable bonds is 6. The van der Waals surface area contributed by atoms with Crippen LogP contribution in [0.15, 0.2) is 42.5 Å². The second-order valence-corrected chi connectivity index (χ2v) is 13.4. The van der Waals surface area contributed by atoms with Gasteiger partial charge in [-0.1, -0.05) is 117 Å². The minimum absolute atomic E-state index is 0.109. The van der Waals surface area contributed by atoms with Gasteiger partial charge in [-0.05, 0) is 76.4 Å². The quantitative estimate of drug-likeness (QED) is 0.397. The zero-order valence-electron chi connectivity index (χ0n) is 20.4. The Kier molecular flexibility index (Phi) is 7.92. The third-order valence-electron chi connectivity index (χ3n) is 7.76. The molecule has 0 heterocycles. The van der Waals surface area contributed by atoms with Crippen LogP contribution in [0.3, 0.4) is 0 Å². The molecule has 4 rings (SSSR count). The largest absolute Gasteiger partial charge is 0.0683 e. The van der Waals surface area contributed by atoms with Crippen LogP contribution in [0.2, 0.25) is 0 Å². The Bertz CT molecular complexity index is 819. The highest BCUT2D eigenvalue weighted by molar-refractivity contribution is 7.67. The lowest BCUT2D eigenvalue weighted by atomic mass is 9.87. The Morgan fingerprint density at radius 1 is 0.613 bits per heavy atom. The van der Waals surface area contributed by atoms with E-state index in [0.717, 1.165) is 11.3 Å². The van der Waals surface area contributed by atoms with Crippen molar-refractivity contribution in [1.82, 2.24) is 0 Å². The first-order valence-corrected chi connectivity index (χ1v) is 14.6. The molecular weight excluding hydrogens is 391 g/mol. The molecule has 1 heteroatoms. The van der Waals surface area contributed by atoms with E-state index in [1.807, 2.05) is 0 Å². The Morgan fingerprint density at radius 3 is 1.68 bits per heavy atom. The summed E-state index contributed by atoms with van der Waals surface area (Å²) in [5.74, 6) is 1.12. The summed E-state index contributed by atoms with van der Waals surface area (Å²) in [4.78, 5) is 0. The Morgan fingerprint density at radius 2 is 1.13 bits per heavy atom. The molecule has 2 fully saturated rings. The Balaban J connectivity index is 1.90. The van der Waals surface area contributed by atoms with Gasteiger partial charge in [0.25, 0.3) is 0 Å². The molecule has 0 atom stereocenters. The minimum Gasteiger partial charge on any atom is -0.0683 e. The van der Waals surface area contributed by atoms with Gasteiger partial charge in [0, 0.05) is 0 Å². The van der Waals surface area contributed by atoms with E-state index in [0.29, 0.717) is 11.8 Å². The van der Waals surface area contributed by atoms with Crippen LogP contribution < -0.4 is 5.30 Å². The van der Waals surface area contributed by atoms with Crippen molar-refractivity contribution < 1.29 is 0 Å². The van der Waals surface area contributed by atoms with E-state index in [4.69, 9.17) is 0 Å². The zero-order valence-corrected chi connectivity index (χ0v) is 21.3. The lowest BCUT2D eigenvalue weighted by Crippen LogP contribution is -2.28. The first kappa shape index (κ1) is 23.0. The summed E-state index contributed by atoms with van der Waals surface area (Å²) in [5, 5.41) is 1.76. The minimum atomic E-state index is -0.109. The maximum absolute atomic E-state index is 2.56. The highest BCUT2D eigenvalue weighted by atomic mass is 31.1. The van der Waals surface area contributed by atoms with E-state index in [2.05, 4.69) is 70.2 Å². The summed E-state index contributed by atoms with van der Waals surface area (Å²) in [6.07, 6.45) is 14.6. The summed E-state index contributed by atoms with van der Waals surface area (Å²) in [6.45, 7) is 9.51. The van der Waals surface area contributed by atoms with Crippen LogP contribution in [0.4, 0.5) is 0 Å². The number of benzene rings is 2. The molecule has 0 N–H and O–H groups in total. The molecule has 0 radical (unpaired) electrons. The smallest absolute Gasteiger partial charge is 0.00692 e. The second-order valence-electron chi connectivity index (χ2n) is 10.6. The molecule has 31 heavy (non-hydrogen) atoms. The van der Waals surface area contributed by atoms with Gasteiger partial charge in [-0.25, -0.2) is 0 Å². The maximum atomic E-state index is 2.56. The molecule has 2 saturated carbocycles. The topological polar surface area (TPSA) is 0 Å². The summed E-state index contributed by atoms with van der Waals surface area (Å²) in [6, 6.07) is 16.7. The number of hydrogen-bond donors (Lipinski definition) is 0. The number of hydrogen-bond acceptors (Lipinski definition) is 0. The zero-order chi connectivity index (χ0) is 21.8. The van der Waals surface area contributed by atoms with Crippen LogP contribution in [-0.2, 0) is 0 Å². The lowest BCUT2D eigenvalue weighted by molar-refractivity contribution is 0.487. The first-order valence-electron chi connectivity index (χ1n) is 13.1. The van der Waals surface area contributed by atoms with Crippen molar-refractivity contribution in [2.24, 2.45) is 0 Å². The first-order chi connectivity index (χ1) is 15.1. The molecule has 0 aliphatic heterocycles. The van der Waals surface area contributed by atoms with E-state index < -0.39 is 0 Å². The third kappa shape index (κ3) is 5.11. The van der Waals surface area contributed by atoms with Gasteiger partial charge in [0.2, 0.25) is 0 Å². The van der Waals surface area contributed by atoms with Crippen LogP contribution in [0.25, 0.3) is 11.1 Å². The maximum Gasteiger partial charge on any atom is -0.00692 e. The predicted molar refractivity (Wildman–Crippen MR) is 140 cm³/mol. The molecular formula is C30H43P. The van der Waals surface area contributed by atoms with E-state index in [9.17, 15) is 0 Å². The fourth-order valence-corrected chi connectivity index (χ4v) is 10.2. The molecule has 0 nitrogen and oxygen atoms in total. The van der Waals surface area contributed by atoms with Crippen molar-refractivity contribution >= 4 is 13.2 Å². The molecule has 0 spiro atoms. The fourth-order valence-electron chi connectivity index (χ4n) is 6.19. The van der Waals surface area contributed by atoms with Crippen molar-refractivity contribution in [1.29, 1.82) is 0 Å². The monoisotopic (exact) mass is 434 g/mol. The van der Waals surface area contributed by atoms with Crippen LogP contribution in [0.5, 0.6) is 0 Å². The normalized spacial score (nSPS) is 18.9. The van der Waals surface area contributed by atoms with Gasteiger partial charge in [-0.3, -0.25) is 0 Å². The van der Waals surface area contributed by atoms with Crippen molar-refractivity contribution in [2.75, 3.05) is 0 Å². The highest BCUT2D eigenvalue weighted by Gasteiger charge is 2.34. The SMILES string of the molecule is CC(C)c1ccccc1-c1c(C(C)C)cccc1P(C1CCCCC1)C1CCCCC1. The molecule has 0 aromatic heterocycles. The van der Waals surface area contributed by atoms with Crippen LogP contribution in [-0.4, -0.2) is 11.3 Å². The Labute approximate surface area is 193 Å². The average Bonchev–Trinajstić information content (AvgIpc) is 2.80. The van der Waals surface area contributed by atoms with Crippen molar-refractivity contribution in [3.63, 3.8) is 0 Å². The van der Waals surface area contributed by atoms with E-state index >= 15 is 0 Å². The standard InChI is InChI=1S/C30H43P/c1-22(2)26-18-11-12-19-28(26)30-27(23(3)4)20-13-21-29(30)31(24-14-7-5-8-15-24)25-16-9-6-10-17-25/h11-13,18-25H,5-10,14-17H2,1-4H3. The second kappa shape index (κ2) is 10.7. The molecule has 2 aromatic carbocycles. The summed E-state index contributed by atoms with van der Waals surface area (Å²) >= 11 is 0. The lowest BCUT2D eigenvalue weighted by Gasteiger charge is -2.40. The van der Waals surface area contributed by atoms with Gasteiger partial charge in [-0.15, -0.1) is 0 Å². The molecule has 2 aliphatic carbocycles. The van der Waals surface area contributed by atoms with Crippen molar-refractivity contribution in [3.05, 3.63) is 53.6 Å². The molecule has 0 unspecified atom stereocenters. The van der Waals surface area contributed by atoms with Crippen LogP contribution in [0.1, 0.15) is 115 Å². The molecule has 0 bridgehead atoms. The molecule has 2 aliphatic rings. The van der Waals surface area contributed by atoms with Crippen LogP contribution in [0, 0.1) is 0 Å². The summed E-state index contributed by atoms with van der Waals surface area (Å²) < 4.78 is 0. The molecule has 0 amide bonds. The van der Waals surface area contributed by atoms with Gasteiger partial charge in [0.15, 0.2) is 0 Å². The molecule has 2 aromatic rings.